The van der Waals surface area contributed by atoms with Crippen molar-refractivity contribution >= 4 is 5.69 Å². The number of nitrogen functional groups attached to an aromatic ring is 1. The molecule has 0 amide bonds. The van der Waals surface area contributed by atoms with E-state index in [1.807, 2.05) is 60.4 Å². The minimum Gasteiger partial charge on any atom is -0.399 e. The van der Waals surface area contributed by atoms with Gasteiger partial charge in [-0.25, -0.2) is 4.68 Å². The molecular weight excluding hydrogens is 234 g/mol. The quantitative estimate of drug-likeness (QED) is 0.707. The van der Waals surface area contributed by atoms with Crippen molar-refractivity contribution in [3.63, 3.8) is 0 Å². The largest absolute Gasteiger partial charge is 0.399 e. The minimum atomic E-state index is 0.775. The Hall–Kier alpha value is -2.55. The van der Waals surface area contributed by atoms with E-state index in [9.17, 15) is 0 Å². The molecule has 3 nitrogen and oxygen atoms in total. The number of hydrogen-bond donors (Lipinski definition) is 1. The van der Waals surface area contributed by atoms with Gasteiger partial charge in [-0.2, -0.15) is 5.10 Å². The zero-order valence-electron chi connectivity index (χ0n) is 10.7. The van der Waals surface area contributed by atoms with Gasteiger partial charge in [0.25, 0.3) is 0 Å². The Labute approximate surface area is 112 Å². The van der Waals surface area contributed by atoms with Crippen molar-refractivity contribution in [2.75, 3.05) is 5.73 Å². The number of nitrogens with zero attached hydrogens (tertiary/aromatic N) is 2. The average Bonchev–Trinajstić information content (AvgIpc) is 2.89. The van der Waals surface area contributed by atoms with Crippen molar-refractivity contribution in [2.24, 2.45) is 0 Å². The number of aryl methyl sites for hydroxylation is 1. The molecule has 0 spiro atoms. The third-order valence-corrected chi connectivity index (χ3v) is 3.16. The SMILES string of the molecule is Cc1cc(N)ccc1-n1cc(-c2ccccc2)cn1. The lowest BCUT2D eigenvalue weighted by Gasteiger charge is -2.06. The van der Waals surface area contributed by atoms with Gasteiger partial charge in [-0.05, 0) is 36.2 Å². The summed E-state index contributed by atoms with van der Waals surface area (Å²) in [6, 6.07) is 16.1. The van der Waals surface area contributed by atoms with Crippen LogP contribution in [-0.4, -0.2) is 9.78 Å². The molecule has 0 atom stereocenters. The summed E-state index contributed by atoms with van der Waals surface area (Å²) in [5.41, 5.74) is 11.0. The Morgan fingerprint density at radius 3 is 2.53 bits per heavy atom. The Bertz CT molecular complexity index is 699. The van der Waals surface area contributed by atoms with Gasteiger partial charge in [-0.15, -0.1) is 0 Å². The predicted molar refractivity (Wildman–Crippen MR) is 78.1 cm³/mol. The van der Waals surface area contributed by atoms with Crippen LogP contribution in [-0.2, 0) is 0 Å². The van der Waals surface area contributed by atoms with E-state index in [1.165, 1.54) is 5.56 Å². The maximum atomic E-state index is 5.77. The molecule has 3 heteroatoms. The highest BCUT2D eigenvalue weighted by atomic mass is 15.3. The molecule has 3 aromatic rings. The molecule has 2 N–H and O–H groups in total. The normalized spacial score (nSPS) is 10.6. The smallest absolute Gasteiger partial charge is 0.0676 e. The molecule has 0 bridgehead atoms. The van der Waals surface area contributed by atoms with E-state index in [1.54, 1.807) is 0 Å². The summed E-state index contributed by atoms with van der Waals surface area (Å²) in [7, 11) is 0. The standard InChI is InChI=1S/C16H15N3/c1-12-9-15(17)7-8-16(12)19-11-14(10-18-19)13-5-3-2-4-6-13/h2-11H,17H2,1H3. The van der Waals surface area contributed by atoms with Crippen LogP contribution in [0.1, 0.15) is 5.56 Å². The van der Waals surface area contributed by atoms with E-state index in [0.29, 0.717) is 0 Å². The first-order valence-corrected chi connectivity index (χ1v) is 6.20. The van der Waals surface area contributed by atoms with Gasteiger partial charge in [-0.1, -0.05) is 30.3 Å². The highest BCUT2D eigenvalue weighted by molar-refractivity contribution is 5.62. The number of aromatic nitrogens is 2. The molecule has 1 heterocycles. The molecule has 0 unspecified atom stereocenters. The van der Waals surface area contributed by atoms with E-state index in [4.69, 9.17) is 5.73 Å². The van der Waals surface area contributed by atoms with Crippen LogP contribution in [0.3, 0.4) is 0 Å². The summed E-state index contributed by atoms with van der Waals surface area (Å²) in [5, 5.41) is 4.43. The van der Waals surface area contributed by atoms with Gasteiger partial charge < -0.3 is 5.73 Å². The molecular formula is C16H15N3. The molecule has 94 valence electrons. The molecule has 1 aromatic heterocycles. The van der Waals surface area contributed by atoms with Crippen molar-refractivity contribution in [3.05, 3.63) is 66.5 Å². The summed E-state index contributed by atoms with van der Waals surface area (Å²) in [6.07, 6.45) is 3.92. The van der Waals surface area contributed by atoms with Gasteiger partial charge in [0.2, 0.25) is 0 Å². The molecule has 0 radical (unpaired) electrons. The van der Waals surface area contributed by atoms with Crippen LogP contribution in [0.4, 0.5) is 5.69 Å². The fourth-order valence-electron chi connectivity index (χ4n) is 2.17. The van der Waals surface area contributed by atoms with Crippen LogP contribution < -0.4 is 5.73 Å². The molecule has 0 aliphatic carbocycles. The van der Waals surface area contributed by atoms with Gasteiger partial charge in [-0.3, -0.25) is 0 Å². The molecule has 3 rings (SSSR count). The van der Waals surface area contributed by atoms with Gasteiger partial charge in [0.1, 0.15) is 0 Å². The van der Waals surface area contributed by atoms with Gasteiger partial charge in [0.05, 0.1) is 11.9 Å². The summed E-state index contributed by atoms with van der Waals surface area (Å²) in [5.74, 6) is 0. The number of rotatable bonds is 2. The fourth-order valence-corrected chi connectivity index (χ4v) is 2.17. The minimum absolute atomic E-state index is 0.775. The summed E-state index contributed by atoms with van der Waals surface area (Å²) in [4.78, 5) is 0. The summed E-state index contributed by atoms with van der Waals surface area (Å²) in [6.45, 7) is 2.04. The van der Waals surface area contributed by atoms with Crippen molar-refractivity contribution in [2.45, 2.75) is 6.92 Å². The Morgan fingerprint density at radius 2 is 1.79 bits per heavy atom. The highest BCUT2D eigenvalue weighted by Crippen LogP contribution is 2.21. The second-order valence-electron chi connectivity index (χ2n) is 4.59. The number of nitrogens with two attached hydrogens (primary N) is 1. The lowest BCUT2D eigenvalue weighted by molar-refractivity contribution is 0.873. The first-order chi connectivity index (χ1) is 9.24. The van der Waals surface area contributed by atoms with Crippen LogP contribution in [0.5, 0.6) is 0 Å². The van der Waals surface area contributed by atoms with Crippen LogP contribution in [0.25, 0.3) is 16.8 Å². The van der Waals surface area contributed by atoms with Crippen LogP contribution in [0, 0.1) is 6.92 Å². The Balaban J connectivity index is 2.02. The number of anilines is 1. The lowest BCUT2D eigenvalue weighted by atomic mass is 10.1. The first kappa shape index (κ1) is 11.5. The molecule has 0 fully saturated rings. The zero-order chi connectivity index (χ0) is 13.2. The Morgan fingerprint density at radius 1 is 1.00 bits per heavy atom. The summed E-state index contributed by atoms with van der Waals surface area (Å²) >= 11 is 0. The molecule has 2 aromatic carbocycles. The maximum absolute atomic E-state index is 5.77. The topological polar surface area (TPSA) is 43.8 Å². The Kier molecular flexibility index (Phi) is 2.80. The third-order valence-electron chi connectivity index (χ3n) is 3.16. The van der Waals surface area contributed by atoms with E-state index >= 15 is 0 Å². The number of hydrogen-bond acceptors (Lipinski definition) is 2. The molecule has 19 heavy (non-hydrogen) atoms. The third kappa shape index (κ3) is 2.22. The van der Waals surface area contributed by atoms with Crippen LogP contribution in [0.15, 0.2) is 60.9 Å². The molecule has 0 saturated carbocycles. The highest BCUT2D eigenvalue weighted by Gasteiger charge is 2.05. The molecule has 0 saturated heterocycles. The van der Waals surface area contributed by atoms with Crippen molar-refractivity contribution in [1.29, 1.82) is 0 Å². The van der Waals surface area contributed by atoms with Crippen molar-refractivity contribution in [3.8, 4) is 16.8 Å². The van der Waals surface area contributed by atoms with Crippen molar-refractivity contribution in [1.82, 2.24) is 9.78 Å². The van der Waals surface area contributed by atoms with Gasteiger partial charge in [0, 0.05) is 17.4 Å². The van der Waals surface area contributed by atoms with E-state index in [0.717, 1.165) is 22.5 Å². The zero-order valence-corrected chi connectivity index (χ0v) is 10.7. The van der Waals surface area contributed by atoms with Gasteiger partial charge in [0.15, 0.2) is 0 Å². The van der Waals surface area contributed by atoms with E-state index < -0.39 is 0 Å². The van der Waals surface area contributed by atoms with Crippen LogP contribution >= 0.6 is 0 Å². The van der Waals surface area contributed by atoms with E-state index in [-0.39, 0.29) is 0 Å². The second-order valence-corrected chi connectivity index (χ2v) is 4.59. The monoisotopic (exact) mass is 249 g/mol. The molecule has 0 aliphatic heterocycles. The second kappa shape index (κ2) is 4.61. The average molecular weight is 249 g/mol. The van der Waals surface area contributed by atoms with Crippen LogP contribution in [0.2, 0.25) is 0 Å². The molecule has 0 aliphatic rings. The fraction of sp³-hybridized carbons (Fsp3) is 0.0625. The lowest BCUT2D eigenvalue weighted by Crippen LogP contribution is -1.98. The van der Waals surface area contributed by atoms with E-state index in [2.05, 4.69) is 17.2 Å². The number of benzene rings is 2. The maximum Gasteiger partial charge on any atom is 0.0676 e. The summed E-state index contributed by atoms with van der Waals surface area (Å²) < 4.78 is 1.89. The first-order valence-electron chi connectivity index (χ1n) is 6.20. The predicted octanol–water partition coefficient (Wildman–Crippen LogP) is 3.43. The van der Waals surface area contributed by atoms with Gasteiger partial charge >= 0.3 is 0 Å². The van der Waals surface area contributed by atoms with Crippen molar-refractivity contribution < 1.29 is 0 Å².